The first-order valence-electron chi connectivity index (χ1n) is 9.17. The summed E-state index contributed by atoms with van der Waals surface area (Å²) in [5.41, 5.74) is 3.91. The van der Waals surface area contributed by atoms with Crippen molar-refractivity contribution in [1.82, 2.24) is 14.5 Å². The molecule has 1 aromatic carbocycles. The van der Waals surface area contributed by atoms with Gasteiger partial charge < -0.3 is 14.2 Å². The topological polar surface area (TPSA) is 47.4 Å². The number of carbonyl (C=O) groups is 1. The van der Waals surface area contributed by atoms with Gasteiger partial charge in [-0.15, -0.1) is 0 Å². The summed E-state index contributed by atoms with van der Waals surface area (Å²) in [5, 5.41) is 0. The quantitative estimate of drug-likeness (QED) is 0.841. The van der Waals surface area contributed by atoms with Gasteiger partial charge in [-0.1, -0.05) is 24.3 Å². The molecule has 2 aliphatic rings. The first kappa shape index (κ1) is 16.3. The van der Waals surface area contributed by atoms with E-state index in [1.165, 1.54) is 11.1 Å². The van der Waals surface area contributed by atoms with Crippen LogP contribution < -0.4 is 0 Å². The molecule has 0 saturated carbocycles. The van der Waals surface area contributed by atoms with Crippen LogP contribution in [0.15, 0.2) is 36.8 Å². The summed E-state index contributed by atoms with van der Waals surface area (Å²) in [6.45, 7) is 4.68. The Hall–Kier alpha value is -2.14. The highest BCUT2D eigenvalue weighted by molar-refractivity contribution is 5.76. The van der Waals surface area contributed by atoms with Crippen LogP contribution in [0.5, 0.6) is 0 Å². The molecule has 0 spiro atoms. The Morgan fingerprint density at radius 2 is 2.04 bits per heavy atom. The van der Waals surface area contributed by atoms with Crippen LogP contribution in [0.3, 0.4) is 0 Å². The number of nitrogens with zero attached hydrogens (tertiary/aromatic N) is 3. The zero-order valence-electron chi connectivity index (χ0n) is 14.7. The normalized spacial score (nSPS) is 19.7. The summed E-state index contributed by atoms with van der Waals surface area (Å²) >= 11 is 0. The van der Waals surface area contributed by atoms with E-state index in [2.05, 4.69) is 33.8 Å². The number of imidazole rings is 1. The average Bonchev–Trinajstić information content (AvgIpc) is 3.25. The third kappa shape index (κ3) is 3.33. The minimum atomic E-state index is 0.163. The SMILES string of the molecule is CCOC[C@H]1CN(C(=O)CC2Cc3ccccc3C2)Cc2cncn21. The van der Waals surface area contributed by atoms with Gasteiger partial charge >= 0.3 is 0 Å². The molecule has 0 unspecified atom stereocenters. The van der Waals surface area contributed by atoms with Gasteiger partial charge in [0.15, 0.2) is 0 Å². The number of aromatic nitrogens is 2. The Morgan fingerprint density at radius 3 is 2.76 bits per heavy atom. The minimum absolute atomic E-state index is 0.163. The number of carbonyl (C=O) groups excluding carboxylic acids is 1. The van der Waals surface area contributed by atoms with E-state index in [-0.39, 0.29) is 11.9 Å². The second kappa shape index (κ2) is 7.00. The van der Waals surface area contributed by atoms with E-state index in [4.69, 9.17) is 4.74 Å². The number of benzene rings is 1. The monoisotopic (exact) mass is 339 g/mol. The fourth-order valence-electron chi connectivity index (χ4n) is 4.13. The zero-order valence-corrected chi connectivity index (χ0v) is 14.7. The summed E-state index contributed by atoms with van der Waals surface area (Å²) in [4.78, 5) is 19.2. The molecule has 0 radical (unpaired) electrons. The lowest BCUT2D eigenvalue weighted by atomic mass is 10.0. The van der Waals surface area contributed by atoms with Gasteiger partial charge in [-0.2, -0.15) is 0 Å². The third-order valence-corrected chi connectivity index (χ3v) is 5.39. The van der Waals surface area contributed by atoms with Crippen molar-refractivity contribution in [3.8, 4) is 0 Å². The molecule has 1 aliphatic heterocycles. The number of ether oxygens (including phenoxy) is 1. The summed E-state index contributed by atoms with van der Waals surface area (Å²) in [6, 6.07) is 8.73. The van der Waals surface area contributed by atoms with Gasteiger partial charge in [0.1, 0.15) is 0 Å². The van der Waals surface area contributed by atoms with Gasteiger partial charge in [-0.3, -0.25) is 4.79 Å². The van der Waals surface area contributed by atoms with Crippen LogP contribution in [0.2, 0.25) is 0 Å². The van der Waals surface area contributed by atoms with Crippen molar-refractivity contribution < 1.29 is 9.53 Å². The van der Waals surface area contributed by atoms with E-state index in [0.717, 1.165) is 18.5 Å². The molecule has 0 N–H and O–H groups in total. The van der Waals surface area contributed by atoms with Crippen LogP contribution in [0, 0.1) is 5.92 Å². The van der Waals surface area contributed by atoms with Crippen molar-refractivity contribution in [3.05, 3.63) is 53.6 Å². The maximum atomic E-state index is 12.9. The first-order valence-corrected chi connectivity index (χ1v) is 9.17. The lowest BCUT2D eigenvalue weighted by molar-refractivity contribution is -0.134. The lowest BCUT2D eigenvalue weighted by Gasteiger charge is -2.35. The van der Waals surface area contributed by atoms with Gasteiger partial charge in [0, 0.05) is 25.8 Å². The first-order chi connectivity index (χ1) is 12.2. The van der Waals surface area contributed by atoms with E-state index >= 15 is 0 Å². The summed E-state index contributed by atoms with van der Waals surface area (Å²) < 4.78 is 7.77. The minimum Gasteiger partial charge on any atom is -0.380 e. The molecule has 4 rings (SSSR count). The Kier molecular flexibility index (Phi) is 4.57. The van der Waals surface area contributed by atoms with Crippen molar-refractivity contribution in [1.29, 1.82) is 0 Å². The smallest absolute Gasteiger partial charge is 0.223 e. The molecule has 132 valence electrons. The number of fused-ring (bicyclic) bond motifs is 2. The van der Waals surface area contributed by atoms with E-state index in [9.17, 15) is 4.79 Å². The zero-order chi connectivity index (χ0) is 17.2. The molecular formula is C20H25N3O2. The van der Waals surface area contributed by atoms with Crippen molar-refractivity contribution >= 4 is 5.91 Å². The molecule has 5 nitrogen and oxygen atoms in total. The van der Waals surface area contributed by atoms with E-state index in [1.54, 1.807) is 0 Å². The molecule has 1 aromatic heterocycles. The molecule has 5 heteroatoms. The molecule has 25 heavy (non-hydrogen) atoms. The van der Waals surface area contributed by atoms with E-state index < -0.39 is 0 Å². The van der Waals surface area contributed by atoms with Crippen LogP contribution in [-0.2, 0) is 28.9 Å². The van der Waals surface area contributed by atoms with Gasteiger partial charge in [0.05, 0.1) is 31.2 Å². The number of hydrogen-bond acceptors (Lipinski definition) is 3. The molecule has 2 aromatic rings. The van der Waals surface area contributed by atoms with Crippen molar-refractivity contribution in [2.75, 3.05) is 19.8 Å². The van der Waals surface area contributed by atoms with Crippen LogP contribution in [0.1, 0.15) is 36.2 Å². The van der Waals surface area contributed by atoms with Crippen LogP contribution >= 0.6 is 0 Å². The Morgan fingerprint density at radius 1 is 1.28 bits per heavy atom. The second-order valence-electron chi connectivity index (χ2n) is 7.13. The van der Waals surface area contributed by atoms with E-state index in [0.29, 0.717) is 38.6 Å². The van der Waals surface area contributed by atoms with Crippen molar-refractivity contribution in [2.24, 2.45) is 5.92 Å². The van der Waals surface area contributed by atoms with Crippen LogP contribution in [-0.4, -0.2) is 40.1 Å². The fraction of sp³-hybridized carbons (Fsp3) is 0.500. The highest BCUT2D eigenvalue weighted by Crippen LogP contribution is 2.30. The average molecular weight is 339 g/mol. The predicted octanol–water partition coefficient (Wildman–Crippen LogP) is 2.61. The molecule has 1 aliphatic carbocycles. The number of rotatable bonds is 5. The summed E-state index contributed by atoms with van der Waals surface area (Å²) in [7, 11) is 0. The molecular weight excluding hydrogens is 314 g/mol. The van der Waals surface area contributed by atoms with Gasteiger partial charge in [0.25, 0.3) is 0 Å². The highest BCUT2D eigenvalue weighted by Gasteiger charge is 2.30. The molecule has 1 atom stereocenters. The Labute approximate surface area is 148 Å². The standard InChI is InChI=1S/C20H25N3O2/c1-2-25-13-19-12-22(11-18-10-21-14-23(18)19)20(24)9-15-7-16-5-3-4-6-17(16)8-15/h3-6,10,14-15,19H,2,7-9,11-13H2,1H3/t19-/m1/s1. The molecule has 2 heterocycles. The molecule has 1 amide bonds. The maximum absolute atomic E-state index is 12.9. The van der Waals surface area contributed by atoms with Gasteiger partial charge in [-0.05, 0) is 36.8 Å². The highest BCUT2D eigenvalue weighted by atomic mass is 16.5. The van der Waals surface area contributed by atoms with Crippen molar-refractivity contribution in [3.63, 3.8) is 0 Å². The van der Waals surface area contributed by atoms with Crippen LogP contribution in [0.4, 0.5) is 0 Å². The molecule has 0 saturated heterocycles. The number of hydrogen-bond donors (Lipinski definition) is 0. The fourth-order valence-corrected chi connectivity index (χ4v) is 4.13. The predicted molar refractivity (Wildman–Crippen MR) is 95.1 cm³/mol. The molecule has 0 fully saturated rings. The Bertz CT molecular complexity index is 730. The maximum Gasteiger partial charge on any atom is 0.223 e. The summed E-state index contributed by atoms with van der Waals surface area (Å²) in [5.74, 6) is 0.689. The van der Waals surface area contributed by atoms with Crippen molar-refractivity contribution in [2.45, 2.75) is 38.8 Å². The molecule has 0 bridgehead atoms. The van der Waals surface area contributed by atoms with Gasteiger partial charge in [0.2, 0.25) is 5.91 Å². The third-order valence-electron chi connectivity index (χ3n) is 5.39. The second-order valence-corrected chi connectivity index (χ2v) is 7.13. The lowest BCUT2D eigenvalue weighted by Crippen LogP contribution is -2.42. The number of amides is 1. The van der Waals surface area contributed by atoms with E-state index in [1.807, 2.05) is 24.3 Å². The summed E-state index contributed by atoms with van der Waals surface area (Å²) in [6.07, 6.45) is 6.40. The Balaban J connectivity index is 1.41. The van der Waals surface area contributed by atoms with Crippen LogP contribution in [0.25, 0.3) is 0 Å². The largest absolute Gasteiger partial charge is 0.380 e. The van der Waals surface area contributed by atoms with Gasteiger partial charge in [-0.25, -0.2) is 4.98 Å².